The summed E-state index contributed by atoms with van der Waals surface area (Å²) in [6, 6.07) is 17.2. The van der Waals surface area contributed by atoms with Gasteiger partial charge in [-0.1, -0.05) is 6.07 Å². The largest absolute Gasteiger partial charge is 0.494 e. The van der Waals surface area contributed by atoms with Gasteiger partial charge in [0.05, 0.1) is 12.0 Å². The Labute approximate surface area is 189 Å². The second-order valence-electron chi connectivity index (χ2n) is 6.73. The summed E-state index contributed by atoms with van der Waals surface area (Å²) in [4.78, 5) is 12.3. The molecule has 0 spiro atoms. The SMILES string of the molecule is COc1ccc(S(=O)(=O)Nc2ccc(Nc3cc(Nc4ccccn4)ncn3)cc2)cc1F. The van der Waals surface area contributed by atoms with Gasteiger partial charge in [0, 0.05) is 23.6 Å². The van der Waals surface area contributed by atoms with Gasteiger partial charge in [0.15, 0.2) is 11.6 Å². The minimum absolute atomic E-state index is 0.0347. The zero-order chi connectivity index (χ0) is 23.3. The van der Waals surface area contributed by atoms with Crippen molar-refractivity contribution in [2.75, 3.05) is 22.5 Å². The van der Waals surface area contributed by atoms with E-state index in [-0.39, 0.29) is 10.6 Å². The van der Waals surface area contributed by atoms with Crippen LogP contribution in [0.25, 0.3) is 0 Å². The molecule has 2 heterocycles. The van der Waals surface area contributed by atoms with Gasteiger partial charge < -0.3 is 15.4 Å². The molecular weight excluding hydrogens is 447 g/mol. The number of methoxy groups -OCH3 is 1. The predicted octanol–water partition coefficient (Wildman–Crippen LogP) is 4.31. The van der Waals surface area contributed by atoms with Crippen molar-refractivity contribution in [3.05, 3.63) is 85.1 Å². The molecule has 168 valence electrons. The third kappa shape index (κ3) is 5.52. The van der Waals surface area contributed by atoms with Crippen molar-refractivity contribution in [3.8, 4) is 5.75 Å². The average Bonchev–Trinajstić information content (AvgIpc) is 2.81. The molecule has 33 heavy (non-hydrogen) atoms. The van der Waals surface area contributed by atoms with Gasteiger partial charge in [-0.25, -0.2) is 27.8 Å². The summed E-state index contributed by atoms with van der Waals surface area (Å²) in [6.07, 6.45) is 3.08. The normalized spacial score (nSPS) is 11.0. The quantitative estimate of drug-likeness (QED) is 0.352. The van der Waals surface area contributed by atoms with Crippen LogP contribution in [-0.2, 0) is 10.0 Å². The maximum Gasteiger partial charge on any atom is 0.262 e. The molecule has 2 aromatic heterocycles. The van der Waals surface area contributed by atoms with E-state index >= 15 is 0 Å². The van der Waals surface area contributed by atoms with Crippen LogP contribution in [0.4, 0.5) is 33.2 Å². The number of ether oxygens (including phenoxy) is 1. The number of hydrogen-bond donors (Lipinski definition) is 3. The molecule has 0 aliphatic heterocycles. The molecule has 0 saturated carbocycles. The standard InChI is InChI=1S/C22H19FN6O3S/c1-32-19-10-9-17(12-18(19)23)33(30,31)29-16-7-5-15(6-8-16)27-21-13-22(26-14-25-21)28-20-4-2-3-11-24-20/h2-14,29H,1H3,(H2,24,25,26,27,28). The summed E-state index contributed by atoms with van der Waals surface area (Å²) in [5, 5.41) is 6.20. The predicted molar refractivity (Wildman–Crippen MR) is 123 cm³/mol. The van der Waals surface area contributed by atoms with Gasteiger partial charge in [-0.2, -0.15) is 0 Å². The second-order valence-corrected chi connectivity index (χ2v) is 8.42. The van der Waals surface area contributed by atoms with Crippen molar-refractivity contribution < 1.29 is 17.5 Å². The first kappa shape index (κ1) is 22.0. The molecule has 0 unspecified atom stereocenters. The van der Waals surface area contributed by atoms with E-state index in [0.717, 1.165) is 6.07 Å². The monoisotopic (exact) mass is 466 g/mol. The molecule has 0 saturated heterocycles. The third-order valence-electron chi connectivity index (χ3n) is 4.43. The van der Waals surface area contributed by atoms with Gasteiger partial charge >= 0.3 is 0 Å². The molecule has 11 heteroatoms. The van der Waals surface area contributed by atoms with Crippen LogP contribution in [0.2, 0.25) is 0 Å². The van der Waals surface area contributed by atoms with Crippen molar-refractivity contribution in [3.63, 3.8) is 0 Å². The van der Waals surface area contributed by atoms with Crippen LogP contribution >= 0.6 is 0 Å². The van der Waals surface area contributed by atoms with E-state index < -0.39 is 15.8 Å². The fourth-order valence-electron chi connectivity index (χ4n) is 2.86. The molecule has 0 aliphatic carbocycles. The van der Waals surface area contributed by atoms with Crippen LogP contribution in [-0.4, -0.2) is 30.5 Å². The van der Waals surface area contributed by atoms with Gasteiger partial charge in [-0.05, 0) is 54.6 Å². The number of sulfonamides is 1. The zero-order valence-corrected chi connectivity index (χ0v) is 18.2. The molecule has 9 nitrogen and oxygen atoms in total. The maximum atomic E-state index is 13.9. The highest BCUT2D eigenvalue weighted by atomic mass is 32.2. The Bertz CT molecular complexity index is 1350. The van der Waals surface area contributed by atoms with Gasteiger partial charge in [-0.3, -0.25) is 4.72 Å². The number of rotatable bonds is 8. The number of nitrogens with zero attached hydrogens (tertiary/aromatic N) is 3. The molecule has 2 aromatic carbocycles. The van der Waals surface area contributed by atoms with Crippen LogP contribution in [0.1, 0.15) is 0 Å². The van der Waals surface area contributed by atoms with E-state index in [4.69, 9.17) is 4.74 Å². The third-order valence-corrected chi connectivity index (χ3v) is 5.81. The van der Waals surface area contributed by atoms with Gasteiger partial charge in [0.1, 0.15) is 23.8 Å². The number of nitrogens with one attached hydrogen (secondary N) is 3. The lowest BCUT2D eigenvalue weighted by atomic mass is 10.3. The summed E-state index contributed by atoms with van der Waals surface area (Å²) in [5.74, 6) is 0.942. The first-order chi connectivity index (χ1) is 15.9. The van der Waals surface area contributed by atoms with E-state index in [1.807, 2.05) is 18.2 Å². The summed E-state index contributed by atoms with van der Waals surface area (Å²) in [7, 11) is -2.66. The average molecular weight is 466 g/mol. The molecule has 0 amide bonds. The molecule has 4 aromatic rings. The fraction of sp³-hybridized carbons (Fsp3) is 0.0455. The first-order valence-electron chi connectivity index (χ1n) is 9.66. The molecule has 3 N–H and O–H groups in total. The number of benzene rings is 2. The van der Waals surface area contributed by atoms with Crippen LogP contribution in [0.5, 0.6) is 5.75 Å². The first-order valence-corrected chi connectivity index (χ1v) is 11.1. The summed E-state index contributed by atoms with van der Waals surface area (Å²) in [5.41, 5.74) is 0.993. The Morgan fingerprint density at radius 1 is 0.818 bits per heavy atom. The maximum absolute atomic E-state index is 13.9. The van der Waals surface area contributed by atoms with Crippen molar-refractivity contribution >= 4 is 38.9 Å². The second kappa shape index (κ2) is 9.49. The van der Waals surface area contributed by atoms with Crippen molar-refractivity contribution in [2.45, 2.75) is 4.90 Å². The Balaban J connectivity index is 1.43. The van der Waals surface area contributed by atoms with E-state index in [1.165, 1.54) is 25.6 Å². The molecule has 0 atom stereocenters. The van der Waals surface area contributed by atoms with Gasteiger partial charge in [0.2, 0.25) is 0 Å². The fourth-order valence-corrected chi connectivity index (χ4v) is 3.93. The van der Waals surface area contributed by atoms with Crippen LogP contribution in [0, 0.1) is 5.82 Å². The molecule has 0 bridgehead atoms. The Morgan fingerprint density at radius 3 is 2.21 bits per heavy atom. The molecule has 0 aliphatic rings. The summed E-state index contributed by atoms with van der Waals surface area (Å²) >= 11 is 0. The van der Waals surface area contributed by atoms with E-state index in [0.29, 0.717) is 28.8 Å². The topological polar surface area (TPSA) is 118 Å². The summed E-state index contributed by atoms with van der Waals surface area (Å²) in [6.45, 7) is 0. The number of pyridine rings is 1. The smallest absolute Gasteiger partial charge is 0.262 e. The zero-order valence-electron chi connectivity index (χ0n) is 17.4. The van der Waals surface area contributed by atoms with Gasteiger partial charge in [0.25, 0.3) is 10.0 Å². The summed E-state index contributed by atoms with van der Waals surface area (Å²) < 4.78 is 46.2. The molecule has 0 fully saturated rings. The lowest BCUT2D eigenvalue weighted by Crippen LogP contribution is -2.13. The van der Waals surface area contributed by atoms with Crippen molar-refractivity contribution in [2.24, 2.45) is 0 Å². The minimum Gasteiger partial charge on any atom is -0.494 e. The Hall–Kier alpha value is -4.25. The van der Waals surface area contributed by atoms with Gasteiger partial charge in [-0.15, -0.1) is 0 Å². The van der Waals surface area contributed by atoms with E-state index in [9.17, 15) is 12.8 Å². The lowest BCUT2D eigenvalue weighted by molar-refractivity contribution is 0.385. The number of anilines is 5. The number of aromatic nitrogens is 3. The van der Waals surface area contributed by atoms with Crippen LogP contribution < -0.4 is 20.1 Å². The molecule has 4 rings (SSSR count). The number of hydrogen-bond acceptors (Lipinski definition) is 8. The van der Waals surface area contributed by atoms with Crippen LogP contribution in [0.15, 0.2) is 84.1 Å². The lowest BCUT2D eigenvalue weighted by Gasteiger charge is -2.11. The van der Waals surface area contributed by atoms with Crippen LogP contribution in [0.3, 0.4) is 0 Å². The van der Waals surface area contributed by atoms with Crippen molar-refractivity contribution in [1.82, 2.24) is 15.0 Å². The minimum atomic E-state index is -3.97. The van der Waals surface area contributed by atoms with Crippen molar-refractivity contribution in [1.29, 1.82) is 0 Å². The Morgan fingerprint density at radius 2 is 1.55 bits per heavy atom. The highest BCUT2D eigenvalue weighted by molar-refractivity contribution is 7.92. The molecule has 0 radical (unpaired) electrons. The highest BCUT2D eigenvalue weighted by Crippen LogP contribution is 2.24. The Kier molecular flexibility index (Phi) is 6.31. The number of halogens is 1. The molecular formula is C22H19FN6O3S. The van der Waals surface area contributed by atoms with E-state index in [1.54, 1.807) is 36.5 Å². The highest BCUT2D eigenvalue weighted by Gasteiger charge is 2.17. The van der Waals surface area contributed by atoms with E-state index in [2.05, 4.69) is 30.3 Å².